The molecule has 1 atom stereocenters. The van der Waals surface area contributed by atoms with Crippen LogP contribution in [0.4, 0.5) is 0 Å². The highest BCUT2D eigenvalue weighted by molar-refractivity contribution is 9.10. The van der Waals surface area contributed by atoms with Crippen molar-refractivity contribution in [1.82, 2.24) is 14.5 Å². The number of thiophene rings is 1. The van der Waals surface area contributed by atoms with E-state index in [1.165, 1.54) is 5.56 Å². The fourth-order valence-corrected chi connectivity index (χ4v) is 3.39. The lowest BCUT2D eigenvalue weighted by Crippen LogP contribution is -2.07. The molecule has 0 spiro atoms. The second-order valence-electron chi connectivity index (χ2n) is 4.62. The predicted octanol–water partition coefficient (Wildman–Crippen LogP) is 4.80. The zero-order valence-corrected chi connectivity index (χ0v) is 14.0. The molecule has 3 aromatic heterocycles. The summed E-state index contributed by atoms with van der Waals surface area (Å²) >= 11 is 11.4. The van der Waals surface area contributed by atoms with E-state index in [1.54, 1.807) is 17.5 Å². The molecule has 0 fully saturated rings. The van der Waals surface area contributed by atoms with Gasteiger partial charge in [0.2, 0.25) is 0 Å². The fourth-order valence-electron chi connectivity index (χ4n) is 2.20. The number of pyridine rings is 1. The summed E-state index contributed by atoms with van der Waals surface area (Å²) in [5.74, 6) is 0.877. The molecule has 0 saturated heterocycles. The minimum Gasteiger partial charge on any atom is -0.311 e. The van der Waals surface area contributed by atoms with Crippen LogP contribution in [0.2, 0.25) is 0 Å². The highest BCUT2D eigenvalue weighted by atomic mass is 79.9. The van der Waals surface area contributed by atoms with Gasteiger partial charge in [0.25, 0.3) is 0 Å². The van der Waals surface area contributed by atoms with Gasteiger partial charge in [-0.15, -0.1) is 11.6 Å². The Balaban J connectivity index is 2.00. The summed E-state index contributed by atoms with van der Waals surface area (Å²) in [7, 11) is 0. The van der Waals surface area contributed by atoms with Gasteiger partial charge in [-0.25, -0.2) is 9.97 Å². The summed E-state index contributed by atoms with van der Waals surface area (Å²) in [6.07, 6.45) is 2.76. The first-order valence-corrected chi connectivity index (χ1v) is 8.49. The van der Waals surface area contributed by atoms with Crippen molar-refractivity contribution in [1.29, 1.82) is 0 Å². The molecule has 0 aliphatic carbocycles. The fraction of sp³-hybridized carbons (Fsp3) is 0.286. The van der Waals surface area contributed by atoms with Gasteiger partial charge in [0.05, 0.1) is 5.38 Å². The number of fused-ring (bicyclic) bond motifs is 1. The predicted molar refractivity (Wildman–Crippen MR) is 87.5 cm³/mol. The van der Waals surface area contributed by atoms with Crippen LogP contribution < -0.4 is 0 Å². The van der Waals surface area contributed by atoms with Gasteiger partial charge in [-0.1, -0.05) is 0 Å². The Morgan fingerprint density at radius 1 is 1.50 bits per heavy atom. The van der Waals surface area contributed by atoms with Crippen molar-refractivity contribution >= 4 is 50.0 Å². The number of aromatic nitrogens is 3. The van der Waals surface area contributed by atoms with Crippen LogP contribution in [-0.2, 0) is 13.0 Å². The Kier molecular flexibility index (Phi) is 4.10. The number of nitrogens with zero attached hydrogens (tertiary/aromatic N) is 3. The van der Waals surface area contributed by atoms with E-state index in [4.69, 9.17) is 11.6 Å². The lowest BCUT2D eigenvalue weighted by molar-refractivity contribution is 0.664. The Labute approximate surface area is 134 Å². The lowest BCUT2D eigenvalue weighted by Gasteiger charge is -2.09. The van der Waals surface area contributed by atoms with Crippen LogP contribution in [0.25, 0.3) is 11.2 Å². The smallest absolute Gasteiger partial charge is 0.160 e. The molecule has 6 heteroatoms. The van der Waals surface area contributed by atoms with Gasteiger partial charge in [0.1, 0.15) is 11.3 Å². The topological polar surface area (TPSA) is 30.7 Å². The van der Waals surface area contributed by atoms with Gasteiger partial charge in [-0.3, -0.25) is 0 Å². The molecule has 3 aromatic rings. The first kappa shape index (κ1) is 14.0. The van der Waals surface area contributed by atoms with E-state index in [-0.39, 0.29) is 5.38 Å². The quantitative estimate of drug-likeness (QED) is 0.618. The molecule has 0 amide bonds. The largest absolute Gasteiger partial charge is 0.311 e. The molecule has 0 aliphatic rings. The van der Waals surface area contributed by atoms with Gasteiger partial charge in [-0.05, 0) is 57.7 Å². The molecular formula is C14H13BrClN3S. The molecule has 3 heterocycles. The standard InChI is InChI=1S/C14H13BrClN3S/c1-9(16)13-18-12-6-11(15)7-17-14(12)19(13)4-2-10-3-5-20-8-10/h3,5-9H,2,4H2,1H3. The molecule has 0 saturated carbocycles. The number of halogens is 2. The lowest BCUT2D eigenvalue weighted by atomic mass is 10.2. The number of aryl methyl sites for hydroxylation is 2. The monoisotopic (exact) mass is 369 g/mol. The number of alkyl halides is 1. The maximum Gasteiger partial charge on any atom is 0.160 e. The van der Waals surface area contributed by atoms with Crippen molar-refractivity contribution in [3.05, 3.63) is 45.0 Å². The summed E-state index contributed by atoms with van der Waals surface area (Å²) in [4.78, 5) is 9.10. The van der Waals surface area contributed by atoms with E-state index in [0.717, 1.165) is 34.4 Å². The van der Waals surface area contributed by atoms with Gasteiger partial charge < -0.3 is 4.57 Å². The van der Waals surface area contributed by atoms with Gasteiger partial charge in [0, 0.05) is 17.2 Å². The second-order valence-corrected chi connectivity index (χ2v) is 6.97. The molecule has 0 aliphatic heterocycles. The molecule has 3 nitrogen and oxygen atoms in total. The summed E-state index contributed by atoms with van der Waals surface area (Å²) < 4.78 is 3.05. The average molecular weight is 371 g/mol. The molecule has 104 valence electrons. The van der Waals surface area contributed by atoms with E-state index in [1.807, 2.05) is 13.0 Å². The van der Waals surface area contributed by atoms with Crippen LogP contribution in [0, 0.1) is 0 Å². The van der Waals surface area contributed by atoms with Gasteiger partial charge in [0.15, 0.2) is 5.65 Å². The van der Waals surface area contributed by atoms with Crippen LogP contribution >= 0.6 is 38.9 Å². The second kappa shape index (κ2) is 5.84. The molecule has 3 rings (SSSR count). The summed E-state index contributed by atoms with van der Waals surface area (Å²) in [6.45, 7) is 2.78. The van der Waals surface area contributed by atoms with Crippen LogP contribution in [-0.4, -0.2) is 14.5 Å². The number of imidazole rings is 1. The first-order chi connectivity index (χ1) is 9.65. The molecule has 0 N–H and O–H groups in total. The highest BCUT2D eigenvalue weighted by Gasteiger charge is 2.16. The molecule has 0 radical (unpaired) electrons. The van der Waals surface area contributed by atoms with E-state index < -0.39 is 0 Å². The van der Waals surface area contributed by atoms with E-state index in [0.29, 0.717) is 0 Å². The van der Waals surface area contributed by atoms with E-state index in [9.17, 15) is 0 Å². The number of hydrogen-bond acceptors (Lipinski definition) is 3. The summed E-state index contributed by atoms with van der Waals surface area (Å²) in [5, 5.41) is 4.14. The molecule has 20 heavy (non-hydrogen) atoms. The Morgan fingerprint density at radius 3 is 3.05 bits per heavy atom. The van der Waals surface area contributed by atoms with Crippen LogP contribution in [0.3, 0.4) is 0 Å². The van der Waals surface area contributed by atoms with Crippen molar-refractivity contribution in [2.75, 3.05) is 0 Å². The minimum absolute atomic E-state index is 0.134. The number of hydrogen-bond donors (Lipinski definition) is 0. The zero-order chi connectivity index (χ0) is 14.1. The molecule has 0 aromatic carbocycles. The Hall–Kier alpha value is -0.910. The van der Waals surface area contributed by atoms with Crippen LogP contribution in [0.15, 0.2) is 33.6 Å². The maximum atomic E-state index is 6.26. The summed E-state index contributed by atoms with van der Waals surface area (Å²) in [5.41, 5.74) is 3.11. The zero-order valence-electron chi connectivity index (χ0n) is 10.9. The maximum absolute atomic E-state index is 6.26. The van der Waals surface area contributed by atoms with Crippen molar-refractivity contribution in [3.8, 4) is 0 Å². The van der Waals surface area contributed by atoms with Crippen molar-refractivity contribution < 1.29 is 0 Å². The first-order valence-electron chi connectivity index (χ1n) is 6.32. The summed E-state index contributed by atoms with van der Waals surface area (Å²) in [6, 6.07) is 4.13. The van der Waals surface area contributed by atoms with E-state index >= 15 is 0 Å². The third-order valence-electron chi connectivity index (χ3n) is 3.14. The third kappa shape index (κ3) is 2.75. The highest BCUT2D eigenvalue weighted by Crippen LogP contribution is 2.25. The Morgan fingerprint density at radius 2 is 2.35 bits per heavy atom. The van der Waals surface area contributed by atoms with Gasteiger partial charge in [-0.2, -0.15) is 11.3 Å². The molecule has 1 unspecified atom stereocenters. The molecular weight excluding hydrogens is 358 g/mol. The normalized spacial score (nSPS) is 12.9. The van der Waals surface area contributed by atoms with E-state index in [2.05, 4.69) is 47.3 Å². The Bertz CT molecular complexity index is 721. The van der Waals surface area contributed by atoms with Gasteiger partial charge >= 0.3 is 0 Å². The number of rotatable bonds is 4. The third-order valence-corrected chi connectivity index (χ3v) is 4.50. The SMILES string of the molecule is CC(Cl)c1nc2cc(Br)cnc2n1CCc1ccsc1. The average Bonchev–Trinajstić information content (AvgIpc) is 3.02. The van der Waals surface area contributed by atoms with Crippen molar-refractivity contribution in [2.24, 2.45) is 0 Å². The van der Waals surface area contributed by atoms with Crippen LogP contribution in [0.5, 0.6) is 0 Å². The molecule has 0 bridgehead atoms. The minimum atomic E-state index is -0.134. The van der Waals surface area contributed by atoms with Crippen molar-refractivity contribution in [2.45, 2.75) is 25.3 Å². The van der Waals surface area contributed by atoms with Crippen molar-refractivity contribution in [3.63, 3.8) is 0 Å². The van der Waals surface area contributed by atoms with Crippen LogP contribution in [0.1, 0.15) is 23.7 Å².